The molecule has 2 bridgehead atoms. The van der Waals surface area contributed by atoms with Gasteiger partial charge in [0.1, 0.15) is 18.5 Å². The van der Waals surface area contributed by atoms with Crippen LogP contribution in [0.4, 0.5) is 23.4 Å². The molecule has 0 saturated carbocycles. The Hall–Kier alpha value is -3.57. The Balaban J connectivity index is 1.26. The van der Waals surface area contributed by atoms with Crippen LogP contribution in [0.15, 0.2) is 34.7 Å². The summed E-state index contributed by atoms with van der Waals surface area (Å²) in [6, 6.07) is 6.70. The number of pyridine rings is 1. The first kappa shape index (κ1) is 26.1. The largest absolute Gasteiger partial charge is 0.508 e. The predicted octanol–water partition coefficient (Wildman–Crippen LogP) is 5.67. The molecular weight excluding hydrogens is 552 g/mol. The molecule has 4 atom stereocenters. The lowest BCUT2D eigenvalue weighted by Gasteiger charge is -2.34. The number of alkyl halides is 1. The Morgan fingerprint density at radius 1 is 1.07 bits per heavy atom. The highest BCUT2D eigenvalue weighted by Gasteiger charge is 2.49. The number of rotatable bonds is 5. The van der Waals surface area contributed by atoms with Gasteiger partial charge in [-0.1, -0.05) is 6.07 Å². The van der Waals surface area contributed by atoms with E-state index in [-0.39, 0.29) is 63.4 Å². The van der Waals surface area contributed by atoms with E-state index in [0.717, 1.165) is 38.3 Å². The van der Waals surface area contributed by atoms with E-state index in [1.54, 1.807) is 0 Å². The predicted molar refractivity (Wildman–Crippen MR) is 149 cm³/mol. The second-order valence-corrected chi connectivity index (χ2v) is 12.3. The van der Waals surface area contributed by atoms with Crippen molar-refractivity contribution in [3.63, 3.8) is 0 Å². The molecule has 4 aromatic rings. The number of fused-ring (bicyclic) bond motifs is 5. The first-order valence-electron chi connectivity index (χ1n) is 14.5. The van der Waals surface area contributed by atoms with Gasteiger partial charge in [-0.15, -0.1) is 0 Å². The van der Waals surface area contributed by atoms with Gasteiger partial charge in [0.15, 0.2) is 34.6 Å². The number of benzene rings is 2. The molecule has 2 unspecified atom stereocenters. The molecule has 42 heavy (non-hydrogen) atoms. The number of nitrogens with one attached hydrogen (secondary N) is 1. The summed E-state index contributed by atoms with van der Waals surface area (Å²) in [6.45, 7) is 2.71. The van der Waals surface area contributed by atoms with Crippen molar-refractivity contribution in [2.45, 2.75) is 55.9 Å². The molecule has 2 N–H and O–H groups in total. The molecule has 220 valence electrons. The number of nitrogens with zero attached hydrogens (tertiary/aromatic N) is 3. The first-order valence-corrected chi connectivity index (χ1v) is 14.5. The van der Waals surface area contributed by atoms with Gasteiger partial charge < -0.3 is 24.5 Å². The van der Waals surface area contributed by atoms with Gasteiger partial charge in [-0.05, 0) is 55.8 Å². The van der Waals surface area contributed by atoms with Gasteiger partial charge in [0.05, 0.1) is 10.9 Å². The van der Waals surface area contributed by atoms with Gasteiger partial charge in [-0.2, -0.15) is 4.98 Å². The summed E-state index contributed by atoms with van der Waals surface area (Å²) in [5, 5.41) is 14.0. The average molecular weight is 583 g/mol. The van der Waals surface area contributed by atoms with Gasteiger partial charge in [0.25, 0.3) is 0 Å². The molecule has 4 fully saturated rings. The van der Waals surface area contributed by atoms with E-state index in [2.05, 4.69) is 15.1 Å². The number of halogens is 4. The Morgan fingerprint density at radius 2 is 1.88 bits per heavy atom. The van der Waals surface area contributed by atoms with Crippen LogP contribution >= 0.6 is 0 Å². The molecule has 0 aliphatic carbocycles. The minimum atomic E-state index is -1.16. The number of phenolic OH excluding ortho intramolecular Hbond substituents is 1. The number of aromatic hydroxyl groups is 1. The van der Waals surface area contributed by atoms with Gasteiger partial charge >= 0.3 is 0 Å². The van der Waals surface area contributed by atoms with Crippen molar-refractivity contribution in [2.75, 3.05) is 37.7 Å². The number of hydrogen-bond donors (Lipinski definition) is 2. The fourth-order valence-electron chi connectivity index (χ4n) is 7.68. The number of anilines is 1. The fourth-order valence-corrected chi connectivity index (χ4v) is 7.68. The van der Waals surface area contributed by atoms with Crippen LogP contribution in [-0.4, -0.2) is 71.6 Å². The molecule has 0 radical (unpaired) electrons. The Labute approximate surface area is 239 Å². The van der Waals surface area contributed by atoms with Crippen molar-refractivity contribution in [1.29, 1.82) is 0 Å². The second kappa shape index (κ2) is 9.47. The maximum absolute atomic E-state index is 16.3. The zero-order chi connectivity index (χ0) is 28.7. The summed E-state index contributed by atoms with van der Waals surface area (Å²) in [5.41, 5.74) is -0.355. The Morgan fingerprint density at radius 3 is 2.69 bits per heavy atom. The first-order chi connectivity index (χ1) is 20.3. The highest BCUT2D eigenvalue weighted by Crippen LogP contribution is 2.44. The van der Waals surface area contributed by atoms with Crippen LogP contribution in [0.5, 0.6) is 11.6 Å². The van der Waals surface area contributed by atoms with E-state index in [9.17, 15) is 13.9 Å². The topological polar surface area (TPSA) is 74.0 Å². The lowest BCUT2D eigenvalue weighted by atomic mass is 9.95. The van der Waals surface area contributed by atoms with E-state index in [4.69, 9.17) is 14.1 Å². The summed E-state index contributed by atoms with van der Waals surface area (Å²) < 4.78 is 72.4. The summed E-state index contributed by atoms with van der Waals surface area (Å²) >= 11 is 0. The minimum Gasteiger partial charge on any atom is -0.508 e. The Bertz CT molecular complexity index is 1720. The molecule has 4 aliphatic rings. The van der Waals surface area contributed by atoms with Crippen LogP contribution in [-0.2, 0) is 0 Å². The van der Waals surface area contributed by atoms with Gasteiger partial charge in [0.2, 0.25) is 5.88 Å². The van der Waals surface area contributed by atoms with Crippen LogP contribution in [0.25, 0.3) is 33.1 Å². The SMILES string of the molecule is Oc1cc(-c2oc3c(N4CC5CCC(C4)N5)nc(OC[C@@]45CCCN4C[C@H](F)C5)cc3c2F)c2c(F)c(F)ccc2c1. The average Bonchev–Trinajstić information content (AvgIpc) is 3.69. The van der Waals surface area contributed by atoms with Crippen LogP contribution in [0, 0.1) is 17.5 Å². The third-order valence-corrected chi connectivity index (χ3v) is 9.57. The van der Waals surface area contributed by atoms with Crippen molar-refractivity contribution >= 4 is 27.6 Å². The van der Waals surface area contributed by atoms with Crippen molar-refractivity contribution in [3.8, 4) is 23.0 Å². The molecule has 6 heterocycles. The quantitative estimate of drug-likeness (QED) is 0.294. The molecule has 8 rings (SSSR count). The van der Waals surface area contributed by atoms with Crippen molar-refractivity contribution in [3.05, 3.63) is 47.8 Å². The van der Waals surface area contributed by atoms with Crippen LogP contribution in [0.3, 0.4) is 0 Å². The van der Waals surface area contributed by atoms with E-state index in [1.165, 1.54) is 24.3 Å². The van der Waals surface area contributed by atoms with E-state index in [0.29, 0.717) is 31.9 Å². The van der Waals surface area contributed by atoms with E-state index < -0.39 is 29.2 Å². The van der Waals surface area contributed by atoms with Crippen LogP contribution in [0.2, 0.25) is 0 Å². The monoisotopic (exact) mass is 582 g/mol. The van der Waals surface area contributed by atoms with Crippen molar-refractivity contribution < 1.29 is 31.8 Å². The van der Waals surface area contributed by atoms with Gasteiger partial charge in [-0.3, -0.25) is 4.90 Å². The number of furan rings is 1. The molecule has 4 aliphatic heterocycles. The van der Waals surface area contributed by atoms with Crippen LogP contribution in [0.1, 0.15) is 32.1 Å². The van der Waals surface area contributed by atoms with Crippen molar-refractivity contribution in [1.82, 2.24) is 15.2 Å². The summed E-state index contributed by atoms with van der Waals surface area (Å²) in [5.74, 6) is -3.03. The highest BCUT2D eigenvalue weighted by atomic mass is 19.2. The zero-order valence-corrected chi connectivity index (χ0v) is 22.8. The van der Waals surface area contributed by atoms with Gasteiger partial charge in [-0.25, -0.2) is 17.6 Å². The summed E-state index contributed by atoms with van der Waals surface area (Å²) in [4.78, 5) is 8.98. The molecule has 2 aromatic heterocycles. The minimum absolute atomic E-state index is 0.0831. The maximum atomic E-state index is 16.3. The van der Waals surface area contributed by atoms with Crippen LogP contribution < -0.4 is 15.0 Å². The standard InChI is InChI=1S/C31H30F4N4O3/c32-17-11-31(6-1-7-39(31)12-17)15-41-24-10-22-26(34)28(21-9-20(40)8-16-2-5-23(33)27(35)25(16)21)42-29(22)30(37-24)38-13-18-3-4-19(14-38)36-18/h2,5,8-10,17-19,36,40H,1,3-4,6-7,11-15H2/t17-,18?,19?,31+/m1/s1. The van der Waals surface area contributed by atoms with E-state index >= 15 is 8.78 Å². The third-order valence-electron chi connectivity index (χ3n) is 9.57. The normalized spacial score (nSPS) is 27.4. The number of hydrogen-bond acceptors (Lipinski definition) is 7. The molecule has 11 heteroatoms. The number of phenols is 1. The summed E-state index contributed by atoms with van der Waals surface area (Å²) in [6.07, 6.45) is 3.29. The molecule has 2 aromatic carbocycles. The lowest BCUT2D eigenvalue weighted by Crippen LogP contribution is -2.51. The molecule has 0 spiro atoms. The maximum Gasteiger partial charge on any atom is 0.216 e. The number of aromatic nitrogens is 1. The molecule has 7 nitrogen and oxygen atoms in total. The summed E-state index contributed by atoms with van der Waals surface area (Å²) in [7, 11) is 0. The second-order valence-electron chi connectivity index (χ2n) is 12.3. The third kappa shape index (κ3) is 4.04. The number of piperazine rings is 1. The molecule has 4 saturated heterocycles. The number of ether oxygens (including phenoxy) is 1. The zero-order valence-electron chi connectivity index (χ0n) is 22.8. The molecular formula is C31H30F4N4O3. The smallest absolute Gasteiger partial charge is 0.216 e. The Kier molecular flexibility index (Phi) is 5.88. The van der Waals surface area contributed by atoms with Crippen molar-refractivity contribution in [2.24, 2.45) is 0 Å². The fraction of sp³-hybridized carbons (Fsp3) is 0.452. The highest BCUT2D eigenvalue weighted by molar-refractivity contribution is 6.01. The lowest BCUT2D eigenvalue weighted by molar-refractivity contribution is 0.111. The van der Waals surface area contributed by atoms with E-state index in [1.807, 2.05) is 0 Å². The van der Waals surface area contributed by atoms with Gasteiger partial charge in [0, 0.05) is 55.2 Å². The molecule has 0 amide bonds.